The summed E-state index contributed by atoms with van der Waals surface area (Å²) in [7, 11) is 0. The number of aromatic amines is 1. The fourth-order valence-electron chi connectivity index (χ4n) is 2.42. The zero-order chi connectivity index (χ0) is 19.1. The van der Waals surface area contributed by atoms with E-state index in [-0.39, 0.29) is 17.8 Å². The molecule has 27 heavy (non-hydrogen) atoms. The van der Waals surface area contributed by atoms with Crippen LogP contribution in [0.15, 0.2) is 83.9 Å². The highest BCUT2D eigenvalue weighted by molar-refractivity contribution is 6.30. The molecule has 0 amide bonds. The molecule has 2 aromatic heterocycles. The molecule has 0 fully saturated rings. The highest BCUT2D eigenvalue weighted by Gasteiger charge is 2.10. The summed E-state index contributed by atoms with van der Waals surface area (Å²) < 4.78 is 0. The second kappa shape index (κ2) is 8.87. The van der Waals surface area contributed by atoms with Gasteiger partial charge in [0.05, 0.1) is 17.3 Å². The molecule has 2 aromatic carbocycles. The van der Waals surface area contributed by atoms with E-state index in [1.165, 1.54) is 6.20 Å². The van der Waals surface area contributed by atoms with Crippen molar-refractivity contribution in [3.05, 3.63) is 106 Å². The lowest BCUT2D eigenvalue weighted by atomic mass is 10.1. The maximum absolute atomic E-state index is 12.1. The minimum Gasteiger partial charge on any atom is -0.310 e. The summed E-state index contributed by atoms with van der Waals surface area (Å²) in [6.45, 7) is 0. The number of benzene rings is 2. The molecule has 4 aromatic rings. The first-order chi connectivity index (χ1) is 13.1. The minimum atomic E-state index is -0.232. The van der Waals surface area contributed by atoms with Gasteiger partial charge in [-0.1, -0.05) is 41.9 Å². The van der Waals surface area contributed by atoms with E-state index in [0.29, 0.717) is 22.3 Å². The normalized spacial score (nSPS) is 10.1. The molecular weight excluding hydrogens is 362 g/mol. The number of Topliss-reactive ketones (excluding diaryl/α,β-unsaturated/α-hetero) is 1. The maximum atomic E-state index is 12.1. The van der Waals surface area contributed by atoms with Gasteiger partial charge in [-0.2, -0.15) is 0 Å². The van der Waals surface area contributed by atoms with Gasteiger partial charge in [0.2, 0.25) is 0 Å². The Kier molecular flexibility index (Phi) is 6.07. The van der Waals surface area contributed by atoms with E-state index in [4.69, 9.17) is 11.6 Å². The van der Waals surface area contributed by atoms with Gasteiger partial charge in [-0.15, -0.1) is 0 Å². The number of hydrogen-bond donors (Lipinski definition) is 1. The van der Waals surface area contributed by atoms with Crippen molar-refractivity contribution in [3.63, 3.8) is 0 Å². The van der Waals surface area contributed by atoms with E-state index in [0.717, 1.165) is 5.02 Å². The van der Waals surface area contributed by atoms with E-state index < -0.39 is 0 Å². The second-order valence-electron chi connectivity index (χ2n) is 5.67. The number of fused-ring (bicyclic) bond motifs is 1. The molecule has 134 valence electrons. The largest absolute Gasteiger partial charge is 0.310 e. The van der Waals surface area contributed by atoms with Crippen LogP contribution in [-0.4, -0.2) is 20.7 Å². The lowest BCUT2D eigenvalue weighted by molar-refractivity contribution is 0.0990. The summed E-state index contributed by atoms with van der Waals surface area (Å²) in [6.07, 6.45) is 3.15. The molecule has 1 N–H and O–H groups in total. The van der Waals surface area contributed by atoms with Crippen LogP contribution >= 0.6 is 11.6 Å². The van der Waals surface area contributed by atoms with E-state index >= 15 is 0 Å². The predicted molar refractivity (Wildman–Crippen MR) is 106 cm³/mol. The fourth-order valence-corrected chi connectivity index (χ4v) is 2.56. The smallest absolute Gasteiger partial charge is 0.258 e. The van der Waals surface area contributed by atoms with Gasteiger partial charge in [0.1, 0.15) is 5.82 Å². The summed E-state index contributed by atoms with van der Waals surface area (Å²) in [4.78, 5) is 34.8. The van der Waals surface area contributed by atoms with Crippen molar-refractivity contribution in [3.8, 4) is 0 Å². The molecule has 0 aliphatic rings. The summed E-state index contributed by atoms with van der Waals surface area (Å²) in [5, 5.41) is 1.31. The van der Waals surface area contributed by atoms with E-state index in [2.05, 4.69) is 15.0 Å². The first-order valence-corrected chi connectivity index (χ1v) is 8.63. The van der Waals surface area contributed by atoms with Crippen LogP contribution in [0.3, 0.4) is 0 Å². The third-order valence-electron chi connectivity index (χ3n) is 3.71. The second-order valence-corrected chi connectivity index (χ2v) is 6.10. The first-order valence-electron chi connectivity index (χ1n) is 8.25. The Morgan fingerprint density at radius 3 is 2.37 bits per heavy atom. The fraction of sp³-hybridized carbons (Fsp3) is 0.0476. The van der Waals surface area contributed by atoms with Crippen LogP contribution in [0.4, 0.5) is 0 Å². The molecule has 6 heteroatoms. The van der Waals surface area contributed by atoms with Gasteiger partial charge in [-0.3, -0.25) is 14.6 Å². The van der Waals surface area contributed by atoms with Gasteiger partial charge in [0.15, 0.2) is 5.78 Å². The Morgan fingerprint density at radius 2 is 1.70 bits per heavy atom. The van der Waals surface area contributed by atoms with Crippen molar-refractivity contribution in [2.45, 2.75) is 6.42 Å². The van der Waals surface area contributed by atoms with Crippen LogP contribution in [0.2, 0.25) is 5.02 Å². The molecule has 0 radical (unpaired) electrons. The van der Waals surface area contributed by atoms with Crippen LogP contribution in [-0.2, 0) is 6.42 Å². The molecule has 0 unspecified atom stereocenters. The van der Waals surface area contributed by atoms with Crippen molar-refractivity contribution in [1.29, 1.82) is 0 Å². The Labute approximate surface area is 160 Å². The van der Waals surface area contributed by atoms with Crippen molar-refractivity contribution in [2.24, 2.45) is 0 Å². The van der Waals surface area contributed by atoms with Crippen molar-refractivity contribution < 1.29 is 4.79 Å². The number of halogens is 1. The third kappa shape index (κ3) is 5.09. The monoisotopic (exact) mass is 377 g/mol. The first kappa shape index (κ1) is 18.5. The quantitative estimate of drug-likeness (QED) is 0.546. The lowest BCUT2D eigenvalue weighted by Crippen LogP contribution is -2.15. The average Bonchev–Trinajstić information content (AvgIpc) is 2.70. The van der Waals surface area contributed by atoms with E-state index in [1.807, 2.05) is 36.4 Å². The number of rotatable bonds is 3. The number of nitrogens with one attached hydrogen (secondary N) is 1. The van der Waals surface area contributed by atoms with E-state index in [1.54, 1.807) is 36.5 Å². The van der Waals surface area contributed by atoms with Crippen LogP contribution in [0, 0.1) is 0 Å². The van der Waals surface area contributed by atoms with Crippen molar-refractivity contribution in [2.75, 3.05) is 0 Å². The predicted octanol–water partition coefficient (Wildman–Crippen LogP) is 4.08. The van der Waals surface area contributed by atoms with Crippen LogP contribution in [0.5, 0.6) is 0 Å². The number of carbonyl (C=O) groups excluding carboxylic acids is 1. The molecular formula is C21H16ClN3O2. The summed E-state index contributed by atoms with van der Waals surface area (Å²) in [5.74, 6) is 0.235. The standard InChI is InChI=1S/C15H11N3O2.C6H5Cl/c19-13(10-4-3-7-16-9-10)8-14-17-12-6-2-1-5-11(12)15(20)18-14;7-6-4-2-1-3-5-6/h1-7,9H,8H2,(H,17,18,20);1-5H. The van der Waals surface area contributed by atoms with Gasteiger partial charge < -0.3 is 4.98 Å². The molecule has 0 bridgehead atoms. The van der Waals surface area contributed by atoms with Crippen molar-refractivity contribution in [1.82, 2.24) is 15.0 Å². The van der Waals surface area contributed by atoms with Crippen LogP contribution in [0.1, 0.15) is 16.2 Å². The molecule has 4 rings (SSSR count). The Morgan fingerprint density at radius 1 is 0.963 bits per heavy atom. The number of aromatic nitrogens is 3. The number of H-pyrrole nitrogens is 1. The number of hydrogen-bond acceptors (Lipinski definition) is 4. The number of nitrogens with zero attached hydrogens (tertiary/aromatic N) is 2. The zero-order valence-corrected chi connectivity index (χ0v) is 15.1. The maximum Gasteiger partial charge on any atom is 0.258 e. The number of carbonyl (C=O) groups is 1. The number of ketones is 1. The number of para-hydroxylation sites is 1. The van der Waals surface area contributed by atoms with Gasteiger partial charge in [-0.25, -0.2) is 4.98 Å². The van der Waals surface area contributed by atoms with Crippen molar-refractivity contribution >= 4 is 28.3 Å². The summed E-state index contributed by atoms with van der Waals surface area (Å²) in [5.41, 5.74) is 0.859. The Bertz CT molecular complexity index is 1100. The van der Waals surface area contributed by atoms with E-state index in [9.17, 15) is 9.59 Å². The molecule has 0 saturated heterocycles. The Hall–Kier alpha value is -3.31. The molecule has 5 nitrogen and oxygen atoms in total. The molecule has 2 heterocycles. The number of pyridine rings is 1. The molecule has 0 atom stereocenters. The zero-order valence-electron chi connectivity index (χ0n) is 14.3. The topological polar surface area (TPSA) is 75.7 Å². The summed E-state index contributed by atoms with van der Waals surface area (Å²) >= 11 is 5.54. The molecule has 0 saturated carbocycles. The molecule has 0 spiro atoms. The SMILES string of the molecule is Clc1ccccc1.O=C(Cc1nc2ccccc2c(=O)[nH]1)c1cccnc1. The molecule has 0 aliphatic carbocycles. The highest BCUT2D eigenvalue weighted by Crippen LogP contribution is 2.08. The Balaban J connectivity index is 0.000000253. The van der Waals surface area contributed by atoms with Gasteiger partial charge in [-0.05, 0) is 36.4 Å². The van der Waals surface area contributed by atoms with Gasteiger partial charge in [0.25, 0.3) is 5.56 Å². The highest BCUT2D eigenvalue weighted by atomic mass is 35.5. The van der Waals surface area contributed by atoms with Gasteiger partial charge >= 0.3 is 0 Å². The lowest BCUT2D eigenvalue weighted by Gasteiger charge is -2.02. The van der Waals surface area contributed by atoms with Crippen LogP contribution < -0.4 is 5.56 Å². The summed E-state index contributed by atoms with van der Waals surface area (Å²) in [6, 6.07) is 19.9. The third-order valence-corrected chi connectivity index (χ3v) is 3.96. The minimum absolute atomic E-state index is 0.0474. The average molecular weight is 378 g/mol. The van der Waals surface area contributed by atoms with Crippen LogP contribution in [0.25, 0.3) is 10.9 Å². The molecule has 0 aliphatic heterocycles. The van der Waals surface area contributed by atoms with Gasteiger partial charge in [0, 0.05) is 23.0 Å².